The Morgan fingerprint density at radius 1 is 1.41 bits per heavy atom. The Morgan fingerprint density at radius 2 is 2.06 bits per heavy atom. The summed E-state index contributed by atoms with van der Waals surface area (Å²) >= 11 is 0. The number of esters is 1. The minimum absolute atomic E-state index is 0.0764. The summed E-state index contributed by atoms with van der Waals surface area (Å²) in [5.41, 5.74) is -1.68. The smallest absolute Gasteiger partial charge is 0.316 e. The molecule has 2 rings (SSSR count). The Kier molecular flexibility index (Phi) is 2.47. The minimum atomic E-state index is -2.11. The molecule has 1 heterocycles. The van der Waals surface area contributed by atoms with Gasteiger partial charge in [0.05, 0.1) is 12.0 Å². The quantitative estimate of drug-likeness (QED) is 0.816. The molecule has 92 valence electrons. The van der Waals surface area contributed by atoms with Gasteiger partial charge in [0.15, 0.2) is 0 Å². The molecule has 1 fully saturated rings. The molecule has 3 heteroatoms. The van der Waals surface area contributed by atoms with E-state index in [1.54, 1.807) is 37.3 Å². The summed E-state index contributed by atoms with van der Waals surface area (Å²) in [6.45, 7) is 1.48. The highest BCUT2D eigenvalue weighted by molar-refractivity contribution is 5.83. The van der Waals surface area contributed by atoms with E-state index in [9.17, 15) is 4.79 Å². The van der Waals surface area contributed by atoms with E-state index in [1.165, 1.54) is 0 Å². The zero-order chi connectivity index (χ0) is 15.7. The van der Waals surface area contributed by atoms with E-state index < -0.39 is 24.1 Å². The molecule has 1 saturated heterocycles. The molecule has 0 radical (unpaired) electrons. The van der Waals surface area contributed by atoms with Crippen molar-refractivity contribution in [1.29, 1.82) is 0 Å². The predicted molar refractivity (Wildman–Crippen MR) is 66.9 cm³/mol. The Labute approximate surface area is 108 Å². The van der Waals surface area contributed by atoms with Crippen LogP contribution in [-0.2, 0) is 14.9 Å². The van der Waals surface area contributed by atoms with E-state index in [2.05, 4.69) is 5.32 Å². The monoisotopic (exact) mass is 237 g/mol. The molecule has 3 nitrogen and oxygen atoms in total. The molecule has 17 heavy (non-hydrogen) atoms. The molecular formula is C14H19NO2. The lowest BCUT2D eigenvalue weighted by atomic mass is 9.73. The van der Waals surface area contributed by atoms with E-state index in [4.69, 9.17) is 10.2 Å². The summed E-state index contributed by atoms with van der Waals surface area (Å²) < 4.78 is 38.3. The molecule has 1 aromatic rings. The molecule has 1 aliphatic heterocycles. The van der Waals surface area contributed by atoms with Gasteiger partial charge in [-0.25, -0.2) is 0 Å². The number of nitrogens with one attached hydrogen (secondary N) is 1. The van der Waals surface area contributed by atoms with Crippen LogP contribution in [0, 0.1) is 0 Å². The van der Waals surface area contributed by atoms with Gasteiger partial charge in [-0.2, -0.15) is 0 Å². The molecule has 0 amide bonds. The fourth-order valence-corrected chi connectivity index (χ4v) is 1.91. The average molecular weight is 237 g/mol. The second-order valence-electron chi connectivity index (χ2n) is 3.79. The molecule has 1 aromatic carbocycles. The van der Waals surface area contributed by atoms with E-state index in [1.807, 2.05) is 0 Å². The number of carbonyl (C=O) groups is 1. The highest BCUT2D eigenvalue weighted by Crippen LogP contribution is 2.34. The first kappa shape index (κ1) is 7.88. The van der Waals surface area contributed by atoms with Crippen LogP contribution < -0.4 is 5.32 Å². The van der Waals surface area contributed by atoms with Crippen LogP contribution >= 0.6 is 0 Å². The number of rotatable bonds is 3. The molecule has 0 aliphatic carbocycles. The molecule has 0 unspecified atom stereocenters. The van der Waals surface area contributed by atoms with Gasteiger partial charge in [0, 0.05) is 5.48 Å². The van der Waals surface area contributed by atoms with Crippen molar-refractivity contribution in [3.8, 4) is 0 Å². The van der Waals surface area contributed by atoms with Gasteiger partial charge >= 0.3 is 5.97 Å². The average Bonchev–Trinajstić information content (AvgIpc) is 2.38. The first-order valence-electron chi connectivity index (χ1n) is 7.73. The van der Waals surface area contributed by atoms with Crippen LogP contribution in [0.3, 0.4) is 0 Å². The summed E-state index contributed by atoms with van der Waals surface area (Å²) in [5, 5.41) is 2.73. The third-order valence-electron chi connectivity index (χ3n) is 2.75. The normalized spacial score (nSPS) is 28.1. The third-order valence-corrected chi connectivity index (χ3v) is 2.75. The van der Waals surface area contributed by atoms with Crippen LogP contribution in [0.4, 0.5) is 0 Å². The van der Waals surface area contributed by atoms with Gasteiger partial charge in [0.25, 0.3) is 0 Å². The maximum Gasteiger partial charge on any atom is 0.316 e. The standard InChI is InChI=1S/C14H19NO2/c1-2-17-13(16)14(8-10-15-11-9-14)12-6-4-3-5-7-12/h3-7,15H,2,8-11H2,1H3/i8D2,9D2. The highest BCUT2D eigenvalue weighted by Gasteiger charge is 2.42. The number of piperidine rings is 1. The molecule has 0 atom stereocenters. The van der Waals surface area contributed by atoms with Crippen LogP contribution in [0.2, 0.25) is 0 Å². The maximum atomic E-state index is 12.6. The van der Waals surface area contributed by atoms with Gasteiger partial charge in [-0.05, 0) is 38.3 Å². The predicted octanol–water partition coefficient (Wildman–Crippen LogP) is 1.87. The molecule has 1 N–H and O–H groups in total. The number of carbonyl (C=O) groups excluding carboxylic acids is 1. The summed E-state index contributed by atoms with van der Waals surface area (Å²) in [6, 6.07) is 8.25. The summed E-state index contributed by atoms with van der Waals surface area (Å²) in [7, 11) is 0. The summed E-state index contributed by atoms with van der Waals surface area (Å²) in [5.74, 6) is -0.854. The molecule has 0 bridgehead atoms. The van der Waals surface area contributed by atoms with Crippen LogP contribution in [0.25, 0.3) is 0 Å². The molecular weight excluding hydrogens is 214 g/mol. The van der Waals surface area contributed by atoms with E-state index in [0.717, 1.165) is 0 Å². The Hall–Kier alpha value is -1.35. The first-order valence-corrected chi connectivity index (χ1v) is 5.73. The van der Waals surface area contributed by atoms with Crippen molar-refractivity contribution in [3.63, 3.8) is 0 Å². The summed E-state index contributed by atoms with van der Waals surface area (Å²) in [4.78, 5) is 12.6. The number of ether oxygens (including phenoxy) is 1. The van der Waals surface area contributed by atoms with E-state index in [0.29, 0.717) is 5.56 Å². The zero-order valence-corrected chi connectivity index (χ0v) is 9.82. The van der Waals surface area contributed by atoms with Crippen molar-refractivity contribution < 1.29 is 15.0 Å². The van der Waals surface area contributed by atoms with Crippen molar-refractivity contribution in [3.05, 3.63) is 35.9 Å². The third kappa shape index (κ3) is 2.34. The first-order chi connectivity index (χ1) is 9.79. The molecule has 0 saturated carbocycles. The van der Waals surface area contributed by atoms with Crippen LogP contribution in [0.15, 0.2) is 30.3 Å². The van der Waals surface area contributed by atoms with Crippen molar-refractivity contribution >= 4 is 5.97 Å². The Morgan fingerprint density at radius 3 is 2.65 bits per heavy atom. The van der Waals surface area contributed by atoms with Gasteiger partial charge in [0.1, 0.15) is 0 Å². The van der Waals surface area contributed by atoms with Crippen LogP contribution in [0.5, 0.6) is 0 Å². The van der Waals surface area contributed by atoms with Gasteiger partial charge in [-0.1, -0.05) is 30.3 Å². The van der Waals surface area contributed by atoms with Crippen molar-refractivity contribution in [2.24, 2.45) is 0 Å². The van der Waals surface area contributed by atoms with E-state index in [-0.39, 0.29) is 19.7 Å². The van der Waals surface area contributed by atoms with E-state index >= 15 is 0 Å². The SMILES string of the molecule is [2H]C1([2H])CNCC([2H])([2H])C1(C(=O)OCC)c1ccccc1. The largest absolute Gasteiger partial charge is 0.465 e. The van der Waals surface area contributed by atoms with Gasteiger partial charge in [-0.3, -0.25) is 4.79 Å². The highest BCUT2D eigenvalue weighted by atomic mass is 16.5. The maximum absolute atomic E-state index is 12.6. The van der Waals surface area contributed by atoms with Gasteiger partial charge in [0.2, 0.25) is 0 Å². The zero-order valence-electron chi connectivity index (χ0n) is 13.8. The number of hydrogen-bond acceptors (Lipinski definition) is 3. The van der Waals surface area contributed by atoms with Crippen LogP contribution in [0.1, 0.15) is 30.7 Å². The van der Waals surface area contributed by atoms with Crippen molar-refractivity contribution in [2.75, 3.05) is 19.7 Å². The fourth-order valence-electron chi connectivity index (χ4n) is 1.91. The second-order valence-corrected chi connectivity index (χ2v) is 3.79. The van der Waals surface area contributed by atoms with Gasteiger partial charge < -0.3 is 10.1 Å². The lowest BCUT2D eigenvalue weighted by Gasteiger charge is -2.35. The second kappa shape index (κ2) is 5.32. The Balaban J connectivity index is 2.72. The molecule has 1 aliphatic rings. The van der Waals surface area contributed by atoms with Crippen LogP contribution in [-0.4, -0.2) is 25.7 Å². The number of hydrogen-bond donors (Lipinski definition) is 1. The lowest BCUT2D eigenvalue weighted by Crippen LogP contribution is -2.46. The van der Waals surface area contributed by atoms with Crippen molar-refractivity contribution in [2.45, 2.75) is 25.1 Å². The molecule has 0 aromatic heterocycles. The molecule has 0 spiro atoms. The minimum Gasteiger partial charge on any atom is -0.465 e. The lowest BCUT2D eigenvalue weighted by molar-refractivity contribution is -0.151. The fraction of sp³-hybridized carbons (Fsp3) is 0.500. The van der Waals surface area contributed by atoms with Gasteiger partial charge in [-0.15, -0.1) is 0 Å². The topological polar surface area (TPSA) is 38.3 Å². The van der Waals surface area contributed by atoms with Crippen molar-refractivity contribution in [1.82, 2.24) is 5.32 Å². The Bertz CT molecular complexity index is 503. The summed E-state index contributed by atoms with van der Waals surface area (Å²) in [6.07, 6.45) is -4.22. The number of benzene rings is 1.